The fraction of sp³-hybridized carbons (Fsp3) is 0.154. The highest BCUT2D eigenvalue weighted by Crippen LogP contribution is 2.27. The lowest BCUT2D eigenvalue weighted by atomic mass is 10.3. The van der Waals surface area contributed by atoms with Crippen molar-refractivity contribution in [1.82, 2.24) is 19.9 Å². The molecule has 7 heteroatoms. The topological polar surface area (TPSA) is 75.7 Å². The quantitative estimate of drug-likeness (QED) is 0.771. The van der Waals surface area contributed by atoms with Crippen LogP contribution in [0.4, 0.5) is 5.95 Å². The van der Waals surface area contributed by atoms with Crippen LogP contribution in [0, 0.1) is 0 Å². The molecule has 3 rings (SSSR count). The SMILES string of the molecule is CCNc1nc(Oc2cccc(Cl)c2)c2[nH]cnc2n1. The Balaban J connectivity index is 2.02. The molecular weight excluding hydrogens is 278 g/mol. The van der Waals surface area contributed by atoms with Crippen LogP contribution in [0.3, 0.4) is 0 Å². The van der Waals surface area contributed by atoms with Gasteiger partial charge in [-0.1, -0.05) is 17.7 Å². The molecule has 0 bridgehead atoms. The Morgan fingerprint density at radius 3 is 3.05 bits per heavy atom. The lowest BCUT2D eigenvalue weighted by Crippen LogP contribution is -2.03. The molecular formula is C13H12ClN5O. The molecule has 0 aliphatic rings. The van der Waals surface area contributed by atoms with Crippen molar-refractivity contribution >= 4 is 28.7 Å². The van der Waals surface area contributed by atoms with Crippen molar-refractivity contribution in [3.8, 4) is 11.6 Å². The molecule has 2 N–H and O–H groups in total. The average molecular weight is 290 g/mol. The fourth-order valence-electron chi connectivity index (χ4n) is 1.76. The molecule has 0 radical (unpaired) electrons. The van der Waals surface area contributed by atoms with Crippen LogP contribution >= 0.6 is 11.6 Å². The number of anilines is 1. The summed E-state index contributed by atoms with van der Waals surface area (Å²) < 4.78 is 5.77. The third-order valence-corrected chi connectivity index (χ3v) is 2.83. The number of H-pyrrole nitrogens is 1. The Hall–Kier alpha value is -2.34. The number of nitrogens with zero attached hydrogens (tertiary/aromatic N) is 3. The van der Waals surface area contributed by atoms with Gasteiger partial charge in [-0.15, -0.1) is 0 Å². The minimum Gasteiger partial charge on any atom is -0.437 e. The summed E-state index contributed by atoms with van der Waals surface area (Å²) in [5, 5.41) is 3.65. The zero-order valence-electron chi connectivity index (χ0n) is 10.7. The molecule has 0 aliphatic carbocycles. The van der Waals surface area contributed by atoms with Crippen molar-refractivity contribution in [2.45, 2.75) is 6.92 Å². The monoisotopic (exact) mass is 289 g/mol. The highest BCUT2D eigenvalue weighted by Gasteiger charge is 2.11. The standard InChI is InChI=1S/C13H12ClN5O/c1-2-15-13-18-11-10(16-7-17-11)12(19-13)20-9-5-3-4-8(14)6-9/h3-7H,2H2,1H3,(H2,15,16,17,18,19). The van der Waals surface area contributed by atoms with E-state index in [0.717, 1.165) is 0 Å². The van der Waals surface area contributed by atoms with Crippen molar-refractivity contribution in [2.24, 2.45) is 0 Å². The van der Waals surface area contributed by atoms with Gasteiger partial charge in [-0.2, -0.15) is 9.97 Å². The van der Waals surface area contributed by atoms with Crippen LogP contribution in [0.5, 0.6) is 11.6 Å². The van der Waals surface area contributed by atoms with Crippen molar-refractivity contribution in [3.63, 3.8) is 0 Å². The van der Waals surface area contributed by atoms with E-state index in [1.165, 1.54) is 0 Å². The van der Waals surface area contributed by atoms with E-state index >= 15 is 0 Å². The lowest BCUT2D eigenvalue weighted by Gasteiger charge is -2.08. The van der Waals surface area contributed by atoms with E-state index in [0.29, 0.717) is 40.3 Å². The summed E-state index contributed by atoms with van der Waals surface area (Å²) in [6.07, 6.45) is 1.56. The maximum absolute atomic E-state index is 5.94. The number of hydrogen-bond donors (Lipinski definition) is 2. The van der Waals surface area contributed by atoms with Gasteiger partial charge >= 0.3 is 0 Å². The molecule has 3 aromatic rings. The van der Waals surface area contributed by atoms with Gasteiger partial charge in [-0.25, -0.2) is 4.98 Å². The van der Waals surface area contributed by atoms with Crippen LogP contribution < -0.4 is 10.1 Å². The van der Waals surface area contributed by atoms with E-state index in [2.05, 4.69) is 25.3 Å². The van der Waals surface area contributed by atoms with E-state index in [-0.39, 0.29) is 0 Å². The highest BCUT2D eigenvalue weighted by atomic mass is 35.5. The number of rotatable bonds is 4. The molecule has 0 fully saturated rings. The van der Waals surface area contributed by atoms with Crippen molar-refractivity contribution < 1.29 is 4.74 Å². The van der Waals surface area contributed by atoms with E-state index in [4.69, 9.17) is 16.3 Å². The molecule has 0 aliphatic heterocycles. The number of imidazole rings is 1. The van der Waals surface area contributed by atoms with E-state index in [1.807, 2.05) is 19.1 Å². The Bertz CT molecular complexity index is 742. The van der Waals surface area contributed by atoms with Crippen molar-refractivity contribution in [3.05, 3.63) is 35.6 Å². The van der Waals surface area contributed by atoms with Crippen molar-refractivity contribution in [2.75, 3.05) is 11.9 Å². The number of halogens is 1. The molecule has 102 valence electrons. The van der Waals surface area contributed by atoms with Crippen LogP contribution in [0.1, 0.15) is 6.92 Å². The first kappa shape index (κ1) is 12.7. The molecule has 0 amide bonds. The van der Waals surface area contributed by atoms with Crippen LogP contribution in [-0.2, 0) is 0 Å². The molecule has 0 unspecified atom stereocenters. The first-order chi connectivity index (χ1) is 9.76. The summed E-state index contributed by atoms with van der Waals surface area (Å²) in [4.78, 5) is 15.7. The van der Waals surface area contributed by atoms with Crippen LogP contribution in [0.25, 0.3) is 11.2 Å². The molecule has 1 aromatic carbocycles. The molecule has 2 heterocycles. The first-order valence-electron chi connectivity index (χ1n) is 6.14. The Morgan fingerprint density at radius 1 is 1.35 bits per heavy atom. The predicted octanol–water partition coefficient (Wildman–Crippen LogP) is 3.23. The average Bonchev–Trinajstić information content (AvgIpc) is 2.87. The molecule has 0 saturated carbocycles. The number of benzene rings is 1. The molecule has 2 aromatic heterocycles. The molecule has 0 atom stereocenters. The summed E-state index contributed by atoms with van der Waals surface area (Å²) in [5.74, 6) is 1.49. The largest absolute Gasteiger partial charge is 0.437 e. The molecule has 6 nitrogen and oxygen atoms in total. The number of fused-ring (bicyclic) bond motifs is 1. The second-order valence-corrected chi connectivity index (χ2v) is 4.48. The lowest BCUT2D eigenvalue weighted by molar-refractivity contribution is 0.468. The van der Waals surface area contributed by atoms with Gasteiger partial charge in [0.1, 0.15) is 11.3 Å². The molecule has 20 heavy (non-hydrogen) atoms. The number of ether oxygens (including phenoxy) is 1. The van der Waals surface area contributed by atoms with Crippen LogP contribution in [0.2, 0.25) is 5.02 Å². The number of nitrogens with one attached hydrogen (secondary N) is 2. The first-order valence-corrected chi connectivity index (χ1v) is 6.52. The van der Waals surface area contributed by atoms with E-state index < -0.39 is 0 Å². The molecule has 0 spiro atoms. The third-order valence-electron chi connectivity index (χ3n) is 2.60. The van der Waals surface area contributed by atoms with Gasteiger partial charge < -0.3 is 15.0 Å². The zero-order chi connectivity index (χ0) is 13.9. The predicted molar refractivity (Wildman–Crippen MR) is 77.4 cm³/mol. The highest BCUT2D eigenvalue weighted by molar-refractivity contribution is 6.30. The fourth-order valence-corrected chi connectivity index (χ4v) is 1.94. The second kappa shape index (κ2) is 5.34. The number of hydrogen-bond acceptors (Lipinski definition) is 5. The smallest absolute Gasteiger partial charge is 0.250 e. The minimum atomic E-state index is 0.408. The van der Waals surface area contributed by atoms with Crippen molar-refractivity contribution in [1.29, 1.82) is 0 Å². The number of aromatic amines is 1. The van der Waals surface area contributed by atoms with Crippen LogP contribution in [0.15, 0.2) is 30.6 Å². The van der Waals surface area contributed by atoms with Gasteiger partial charge in [-0.3, -0.25) is 0 Å². The summed E-state index contributed by atoms with van der Waals surface area (Å²) >= 11 is 5.94. The van der Waals surface area contributed by atoms with Gasteiger partial charge in [0.25, 0.3) is 5.88 Å². The maximum Gasteiger partial charge on any atom is 0.250 e. The van der Waals surface area contributed by atoms with E-state index in [9.17, 15) is 0 Å². The maximum atomic E-state index is 5.94. The second-order valence-electron chi connectivity index (χ2n) is 4.04. The van der Waals surface area contributed by atoms with Gasteiger partial charge in [0, 0.05) is 11.6 Å². The van der Waals surface area contributed by atoms with Gasteiger partial charge in [0.2, 0.25) is 5.95 Å². The summed E-state index contributed by atoms with van der Waals surface area (Å²) in [6, 6.07) is 7.13. The Labute approximate surface area is 120 Å². The van der Waals surface area contributed by atoms with Gasteiger partial charge in [0.05, 0.1) is 6.33 Å². The Morgan fingerprint density at radius 2 is 2.25 bits per heavy atom. The van der Waals surface area contributed by atoms with Gasteiger partial charge in [0.15, 0.2) is 5.65 Å². The number of aromatic nitrogens is 4. The Kier molecular flexibility index (Phi) is 3.39. The summed E-state index contributed by atoms with van der Waals surface area (Å²) in [6.45, 7) is 2.68. The van der Waals surface area contributed by atoms with E-state index in [1.54, 1.807) is 18.5 Å². The van der Waals surface area contributed by atoms with Gasteiger partial charge in [-0.05, 0) is 25.1 Å². The summed E-state index contributed by atoms with van der Waals surface area (Å²) in [7, 11) is 0. The minimum absolute atomic E-state index is 0.408. The summed E-state index contributed by atoms with van der Waals surface area (Å²) in [5.41, 5.74) is 1.19. The third kappa shape index (κ3) is 2.50. The zero-order valence-corrected chi connectivity index (χ0v) is 11.5. The molecule has 0 saturated heterocycles. The van der Waals surface area contributed by atoms with Crippen LogP contribution in [-0.4, -0.2) is 26.5 Å². The normalized spacial score (nSPS) is 10.7.